The Bertz CT molecular complexity index is 882. The Hall–Kier alpha value is 1.48. The summed E-state index contributed by atoms with van der Waals surface area (Å²) in [7, 11) is 11.5. The number of aliphatic hydroxyl groups is 1. The topological polar surface area (TPSA) is 186 Å². The summed E-state index contributed by atoms with van der Waals surface area (Å²) >= 11 is 0. The summed E-state index contributed by atoms with van der Waals surface area (Å²) in [5.74, 6) is 0. The van der Waals surface area contributed by atoms with Gasteiger partial charge in [0, 0.05) is 185 Å². The SMILES string of the molecule is [CH2-]OCC(COCCC[Si](OC)(OC)OC)(COCCC[Si](OC)(OC)OC)COCC(CO)(COCCC[Si](OC)(OC)OC)COCCC[Si](OC)(OC)OC.[W].[W]. The van der Waals surface area contributed by atoms with Crippen LogP contribution in [0.5, 0.6) is 0 Å². The van der Waals surface area contributed by atoms with Gasteiger partial charge in [0.1, 0.15) is 0 Å². The third-order valence-electron chi connectivity index (χ3n) is 10.0. The fraction of sp³-hybridized carbons (Fsp3) is 0.971. The molecule has 0 saturated carbocycles. The van der Waals surface area contributed by atoms with Crippen LogP contribution in [0.15, 0.2) is 0 Å². The molecule has 0 aliphatic carbocycles. The molecule has 0 aliphatic rings. The van der Waals surface area contributed by atoms with Crippen LogP contribution in [-0.4, -0.2) is 205 Å². The van der Waals surface area contributed by atoms with E-state index >= 15 is 0 Å². The van der Waals surface area contributed by atoms with Gasteiger partial charge in [-0.05, 0) is 25.7 Å². The van der Waals surface area contributed by atoms with Gasteiger partial charge in [-0.25, -0.2) is 7.11 Å². The molecule has 0 fully saturated rings. The Morgan fingerprint density at radius 2 is 0.567 bits per heavy atom. The average molecular weight is 1280 g/mol. The molecule has 0 aromatic rings. The Balaban J connectivity index is -0.0000162. The Kier molecular flexibility index (Phi) is 41.2. The van der Waals surface area contributed by atoms with E-state index in [2.05, 4.69) is 7.11 Å². The molecule has 362 valence electrons. The molecule has 25 heteroatoms. The van der Waals surface area contributed by atoms with Crippen LogP contribution in [0.3, 0.4) is 0 Å². The predicted octanol–water partition coefficient (Wildman–Crippen LogP) is 2.91. The molecule has 0 unspecified atom stereocenters. The second-order valence-electron chi connectivity index (χ2n) is 13.8. The van der Waals surface area contributed by atoms with Crippen LogP contribution < -0.4 is 0 Å². The molecule has 0 spiro atoms. The molecule has 0 aromatic carbocycles. The smallest absolute Gasteiger partial charge is 0.500 e. The van der Waals surface area contributed by atoms with Crippen LogP contribution >= 0.6 is 0 Å². The largest absolute Gasteiger partial charge is 0.554 e. The molecule has 1 N–H and O–H groups in total. The van der Waals surface area contributed by atoms with Crippen LogP contribution in [0.4, 0.5) is 0 Å². The predicted molar refractivity (Wildman–Crippen MR) is 222 cm³/mol. The van der Waals surface area contributed by atoms with Gasteiger partial charge in [0.2, 0.25) is 0 Å². The molecule has 0 bridgehead atoms. The van der Waals surface area contributed by atoms with Crippen molar-refractivity contribution in [3.8, 4) is 0 Å². The normalized spacial score (nSPS) is 13.1. The van der Waals surface area contributed by atoms with Crippen LogP contribution in [0.25, 0.3) is 0 Å². The van der Waals surface area contributed by atoms with Gasteiger partial charge in [0.15, 0.2) is 0 Å². The molecule has 0 atom stereocenters. The van der Waals surface area contributed by atoms with Crippen molar-refractivity contribution in [2.24, 2.45) is 10.8 Å². The summed E-state index contributed by atoms with van der Waals surface area (Å²) in [5, 5.41) is 10.9. The van der Waals surface area contributed by atoms with E-state index in [4.69, 9.17) is 81.5 Å². The molecule has 0 radical (unpaired) electrons. The maximum Gasteiger partial charge on any atom is 0.500 e. The number of ether oxygens (including phenoxy) is 6. The maximum atomic E-state index is 10.9. The molecular formula is C35H79O19Si4W2-. The molecule has 0 amide bonds. The molecule has 0 aromatic heterocycles. The minimum atomic E-state index is -2.77. The Morgan fingerprint density at radius 1 is 0.350 bits per heavy atom. The van der Waals surface area contributed by atoms with E-state index in [9.17, 15) is 5.11 Å². The number of hydrogen-bond donors (Lipinski definition) is 1. The van der Waals surface area contributed by atoms with E-state index in [0.717, 1.165) is 0 Å². The molecule has 60 heavy (non-hydrogen) atoms. The van der Waals surface area contributed by atoms with Gasteiger partial charge >= 0.3 is 35.2 Å². The Morgan fingerprint density at radius 3 is 0.783 bits per heavy atom. The zero-order valence-corrected chi connectivity index (χ0v) is 48.3. The molecule has 0 aliphatic heterocycles. The van der Waals surface area contributed by atoms with E-state index in [1.54, 1.807) is 85.3 Å². The molecule has 19 nitrogen and oxygen atoms in total. The monoisotopic (exact) mass is 1280 g/mol. The van der Waals surface area contributed by atoms with Gasteiger partial charge in [-0.3, -0.25) is 0 Å². The quantitative estimate of drug-likeness (QED) is 0.0533. The van der Waals surface area contributed by atoms with Gasteiger partial charge < -0.3 is 86.6 Å². The first kappa shape index (κ1) is 65.8. The van der Waals surface area contributed by atoms with Crippen molar-refractivity contribution in [3.63, 3.8) is 0 Å². The van der Waals surface area contributed by atoms with Gasteiger partial charge in [-0.1, -0.05) is 0 Å². The van der Waals surface area contributed by atoms with Crippen molar-refractivity contribution >= 4 is 35.2 Å². The zero-order valence-electron chi connectivity index (χ0n) is 38.5. The fourth-order valence-corrected chi connectivity index (χ4v) is 12.9. The first-order valence-electron chi connectivity index (χ1n) is 19.4. The summed E-state index contributed by atoms with van der Waals surface area (Å²) in [4.78, 5) is 0. The summed E-state index contributed by atoms with van der Waals surface area (Å²) < 4.78 is 103. The van der Waals surface area contributed by atoms with Gasteiger partial charge in [-0.2, -0.15) is 0 Å². The number of rotatable bonds is 43. The summed E-state index contributed by atoms with van der Waals surface area (Å²) in [6, 6.07) is 2.26. The van der Waals surface area contributed by atoms with E-state index in [-0.39, 0.29) is 95.0 Å². The second-order valence-corrected chi connectivity index (χ2v) is 26.2. The maximum absolute atomic E-state index is 10.9. The van der Waals surface area contributed by atoms with E-state index < -0.39 is 46.0 Å². The first-order chi connectivity index (χ1) is 27.9. The van der Waals surface area contributed by atoms with Crippen LogP contribution in [0.2, 0.25) is 24.2 Å². The molecule has 0 heterocycles. The standard InChI is InChI=1S/C35H79O19Si4.2W/c1-37-27-35(31-52-20-16-24-57(44-8,45-9)46-10,32-53-21-17-25-58(47-11,48-12)49-13)33-54-30-34(26-36,28-50-18-14-22-55(38-2,39-3)40-4)29-51-19-15-23-56(41-5,42-6)43-7;;/h36H,1,14-33H2,2-13H3;;/q-1;;. The third kappa shape index (κ3) is 23.8. The van der Waals surface area contributed by atoms with Gasteiger partial charge in [0.05, 0.1) is 57.1 Å². The van der Waals surface area contributed by atoms with Crippen molar-refractivity contribution in [3.05, 3.63) is 7.11 Å². The average Bonchev–Trinajstić information content (AvgIpc) is 3.26. The number of hydrogen-bond acceptors (Lipinski definition) is 19. The Labute approximate surface area is 394 Å². The molecule has 0 saturated heterocycles. The second kappa shape index (κ2) is 37.6. The summed E-state index contributed by atoms with van der Waals surface area (Å²) in [6.07, 6.45) is 2.51. The minimum absolute atomic E-state index is 0. The van der Waals surface area contributed by atoms with Crippen molar-refractivity contribution in [2.45, 2.75) is 49.9 Å². The first-order valence-corrected chi connectivity index (χ1v) is 27.1. The van der Waals surface area contributed by atoms with Crippen molar-refractivity contribution in [1.29, 1.82) is 0 Å². The van der Waals surface area contributed by atoms with Crippen molar-refractivity contribution in [1.82, 2.24) is 0 Å². The zero-order chi connectivity index (χ0) is 43.9. The van der Waals surface area contributed by atoms with Crippen molar-refractivity contribution < 1.29 is 129 Å². The van der Waals surface area contributed by atoms with Crippen LogP contribution in [0.1, 0.15) is 25.7 Å². The number of aliphatic hydroxyl groups excluding tert-OH is 1. The molecular weight excluding hydrogens is 1200 g/mol. The van der Waals surface area contributed by atoms with Gasteiger partial charge in [-0.15, -0.1) is 0 Å². The van der Waals surface area contributed by atoms with E-state index in [1.165, 1.54) is 0 Å². The molecule has 0 rings (SSSR count). The minimum Gasteiger partial charge on any atom is -0.554 e. The van der Waals surface area contributed by atoms with E-state index in [0.29, 0.717) is 76.3 Å². The van der Waals surface area contributed by atoms with E-state index in [1.807, 2.05) is 0 Å². The summed E-state index contributed by atoms with van der Waals surface area (Å²) in [5.41, 5.74) is -1.69. The summed E-state index contributed by atoms with van der Waals surface area (Å²) in [6.45, 7) is 2.43. The fourth-order valence-electron chi connectivity index (χ4n) is 6.15. The van der Waals surface area contributed by atoms with Gasteiger partial charge in [0.25, 0.3) is 0 Å². The van der Waals surface area contributed by atoms with Crippen LogP contribution in [0, 0.1) is 17.9 Å². The third-order valence-corrected chi connectivity index (χ3v) is 21.3. The van der Waals surface area contributed by atoms with Crippen molar-refractivity contribution in [2.75, 3.05) is 165 Å². The van der Waals surface area contributed by atoms with Crippen LogP contribution in [-0.2, 0) is 124 Å².